The number of thiophene rings is 1. The summed E-state index contributed by atoms with van der Waals surface area (Å²) in [4.78, 5) is 24.3. The molecule has 0 unspecified atom stereocenters. The molecule has 11 heteroatoms. The molecule has 0 saturated heterocycles. The van der Waals surface area contributed by atoms with Crippen LogP contribution in [0.4, 0.5) is 0 Å². The van der Waals surface area contributed by atoms with Crippen LogP contribution in [0.25, 0.3) is 16.0 Å². The second-order valence-electron chi connectivity index (χ2n) is 5.75. The van der Waals surface area contributed by atoms with Crippen LogP contribution in [0.3, 0.4) is 0 Å². The summed E-state index contributed by atoms with van der Waals surface area (Å²) < 4.78 is 4.17. The molecule has 0 bridgehead atoms. The Morgan fingerprint density at radius 1 is 1.04 bits per heavy atom. The molecular weight excluding hydrogens is 368 g/mol. The summed E-state index contributed by atoms with van der Waals surface area (Å²) in [7, 11) is 0. The highest BCUT2D eigenvalue weighted by molar-refractivity contribution is 7.12. The van der Waals surface area contributed by atoms with Crippen LogP contribution in [0.1, 0.15) is 6.42 Å². The molecule has 0 spiro atoms. The molecule has 0 aliphatic heterocycles. The van der Waals surface area contributed by atoms with Gasteiger partial charge >= 0.3 is 5.69 Å². The van der Waals surface area contributed by atoms with Gasteiger partial charge in [0.1, 0.15) is 10.5 Å². The third kappa shape index (κ3) is 3.62. The van der Waals surface area contributed by atoms with E-state index in [1.165, 1.54) is 20.7 Å². The van der Waals surface area contributed by atoms with Crippen LogP contribution in [0.5, 0.6) is 0 Å². The Morgan fingerprint density at radius 3 is 2.78 bits per heavy atom. The molecule has 0 aliphatic carbocycles. The number of fused-ring (bicyclic) bond motifs is 1. The lowest BCUT2D eigenvalue weighted by Crippen LogP contribution is -2.32. The molecule has 0 atom stereocenters. The van der Waals surface area contributed by atoms with Crippen LogP contribution in [0.2, 0.25) is 0 Å². The molecule has 4 rings (SSSR count). The molecule has 3 heterocycles. The fourth-order valence-electron chi connectivity index (χ4n) is 2.62. The molecule has 1 amide bonds. The van der Waals surface area contributed by atoms with E-state index in [2.05, 4.69) is 26.1 Å². The van der Waals surface area contributed by atoms with Crippen molar-refractivity contribution >= 4 is 28.3 Å². The van der Waals surface area contributed by atoms with E-state index in [9.17, 15) is 9.59 Å². The van der Waals surface area contributed by atoms with Crippen LogP contribution < -0.4 is 11.0 Å². The van der Waals surface area contributed by atoms with E-state index in [0.717, 1.165) is 11.0 Å². The zero-order chi connectivity index (χ0) is 18.6. The minimum Gasteiger partial charge on any atom is -0.354 e. The zero-order valence-corrected chi connectivity index (χ0v) is 15.0. The van der Waals surface area contributed by atoms with Gasteiger partial charge in [0.25, 0.3) is 0 Å². The summed E-state index contributed by atoms with van der Waals surface area (Å²) in [5.74, 6) is -0.131. The lowest BCUT2D eigenvalue weighted by atomic mass is 10.3. The van der Waals surface area contributed by atoms with E-state index in [-0.39, 0.29) is 24.6 Å². The highest BCUT2D eigenvalue weighted by Crippen LogP contribution is 2.11. The fraction of sp³-hybridized carbons (Fsp3) is 0.250. The predicted molar refractivity (Wildman–Crippen MR) is 98.7 cm³/mol. The molecule has 4 aromatic rings. The van der Waals surface area contributed by atoms with Gasteiger partial charge in [-0.1, -0.05) is 17.3 Å². The molecule has 1 N–H and O–H groups in total. The minimum atomic E-state index is -0.333. The van der Waals surface area contributed by atoms with E-state index < -0.39 is 0 Å². The smallest absolute Gasteiger partial charge is 0.354 e. The summed E-state index contributed by atoms with van der Waals surface area (Å²) in [6, 6.07) is 11.2. The van der Waals surface area contributed by atoms with Crippen molar-refractivity contribution in [3.63, 3.8) is 0 Å². The van der Waals surface area contributed by atoms with Crippen LogP contribution in [0.15, 0.2) is 46.6 Å². The Kier molecular flexibility index (Phi) is 4.75. The molecule has 0 fully saturated rings. The average molecular weight is 384 g/mol. The van der Waals surface area contributed by atoms with E-state index in [1.54, 1.807) is 10.7 Å². The average Bonchev–Trinajstić information content (AvgIpc) is 3.41. The number of para-hydroxylation sites is 1. The maximum Gasteiger partial charge on any atom is 0.369 e. The van der Waals surface area contributed by atoms with Crippen molar-refractivity contribution in [3.05, 3.63) is 52.3 Å². The van der Waals surface area contributed by atoms with Crippen molar-refractivity contribution in [2.45, 2.75) is 19.5 Å². The first-order valence-electron chi connectivity index (χ1n) is 8.34. The van der Waals surface area contributed by atoms with Gasteiger partial charge in [-0.3, -0.25) is 4.79 Å². The normalized spacial score (nSPS) is 11.1. The van der Waals surface area contributed by atoms with Gasteiger partial charge in [-0.2, -0.15) is 9.36 Å². The van der Waals surface area contributed by atoms with E-state index >= 15 is 0 Å². The standard InChI is InChI=1S/C16H16N8O2S/c25-14(7-9-22-13-5-2-1-4-12(13)18-19-22)17-8-10-23-16(26)24(21-20-23)15-6-3-11-27-15/h1-6,11H,7-10H2,(H,17,25). The number of carbonyl (C=O) groups is 1. The molecule has 27 heavy (non-hydrogen) atoms. The van der Waals surface area contributed by atoms with Crippen molar-refractivity contribution < 1.29 is 4.79 Å². The van der Waals surface area contributed by atoms with Gasteiger partial charge in [0.2, 0.25) is 5.91 Å². The molecular formula is C16H16N8O2S. The number of nitrogens with one attached hydrogen (secondary N) is 1. The summed E-state index contributed by atoms with van der Waals surface area (Å²) in [5, 5.41) is 21.1. The molecule has 138 valence electrons. The minimum absolute atomic E-state index is 0.131. The van der Waals surface area contributed by atoms with Gasteiger partial charge in [0.05, 0.1) is 18.6 Å². The van der Waals surface area contributed by atoms with Gasteiger partial charge in [-0.15, -0.1) is 16.4 Å². The first-order chi connectivity index (χ1) is 13.2. The lowest BCUT2D eigenvalue weighted by Gasteiger charge is -2.05. The maximum atomic E-state index is 12.2. The summed E-state index contributed by atoms with van der Waals surface area (Å²) in [6.07, 6.45) is 0.268. The Labute approximate surface area is 157 Å². The van der Waals surface area contributed by atoms with Gasteiger partial charge in [-0.05, 0) is 40.1 Å². The first-order valence-corrected chi connectivity index (χ1v) is 9.22. The fourth-order valence-corrected chi connectivity index (χ4v) is 3.29. The number of amides is 1. The lowest BCUT2D eigenvalue weighted by molar-refractivity contribution is -0.121. The molecule has 0 radical (unpaired) electrons. The second kappa shape index (κ2) is 7.50. The van der Waals surface area contributed by atoms with Crippen LogP contribution in [-0.4, -0.2) is 47.2 Å². The summed E-state index contributed by atoms with van der Waals surface area (Å²) in [5.41, 5.74) is 1.36. The molecule has 1 aromatic carbocycles. The van der Waals surface area contributed by atoms with Crippen molar-refractivity contribution in [1.82, 2.24) is 40.1 Å². The number of nitrogens with zero attached hydrogens (tertiary/aromatic N) is 7. The molecule has 0 aliphatic rings. The van der Waals surface area contributed by atoms with Crippen molar-refractivity contribution in [1.29, 1.82) is 0 Å². The SMILES string of the molecule is O=C(CCn1nnc2ccccc21)NCCn1nnn(-c2cccs2)c1=O. The highest BCUT2D eigenvalue weighted by atomic mass is 32.1. The van der Waals surface area contributed by atoms with E-state index in [1.807, 2.05) is 35.7 Å². The van der Waals surface area contributed by atoms with Crippen LogP contribution in [-0.2, 0) is 17.9 Å². The topological polar surface area (TPSA) is 113 Å². The van der Waals surface area contributed by atoms with Gasteiger partial charge in [0, 0.05) is 13.0 Å². The first kappa shape index (κ1) is 17.1. The Morgan fingerprint density at radius 2 is 1.93 bits per heavy atom. The number of rotatable bonds is 7. The van der Waals surface area contributed by atoms with Gasteiger partial charge < -0.3 is 5.32 Å². The Hall–Kier alpha value is -3.34. The highest BCUT2D eigenvalue weighted by Gasteiger charge is 2.10. The van der Waals surface area contributed by atoms with Gasteiger partial charge in [0.15, 0.2) is 0 Å². The number of carbonyl (C=O) groups excluding carboxylic acids is 1. The largest absolute Gasteiger partial charge is 0.369 e. The summed E-state index contributed by atoms with van der Waals surface area (Å²) >= 11 is 1.40. The van der Waals surface area contributed by atoms with E-state index in [0.29, 0.717) is 18.1 Å². The van der Waals surface area contributed by atoms with Crippen LogP contribution >= 0.6 is 11.3 Å². The van der Waals surface area contributed by atoms with Crippen molar-refractivity contribution in [3.8, 4) is 5.00 Å². The Bertz CT molecular complexity index is 1110. The number of tetrazole rings is 1. The third-order valence-electron chi connectivity index (χ3n) is 3.97. The third-order valence-corrected chi connectivity index (χ3v) is 4.81. The molecule has 10 nitrogen and oxygen atoms in total. The Balaban J connectivity index is 1.28. The molecule has 3 aromatic heterocycles. The second-order valence-corrected chi connectivity index (χ2v) is 6.68. The van der Waals surface area contributed by atoms with Gasteiger partial charge in [-0.25, -0.2) is 9.48 Å². The van der Waals surface area contributed by atoms with Crippen molar-refractivity contribution in [2.75, 3.05) is 6.54 Å². The monoisotopic (exact) mass is 384 g/mol. The number of hydrogen-bond donors (Lipinski definition) is 1. The quantitative estimate of drug-likeness (QED) is 0.495. The van der Waals surface area contributed by atoms with Crippen LogP contribution in [0, 0.1) is 0 Å². The number of benzene rings is 1. The zero-order valence-electron chi connectivity index (χ0n) is 14.2. The van der Waals surface area contributed by atoms with Crippen molar-refractivity contribution in [2.24, 2.45) is 0 Å². The van der Waals surface area contributed by atoms with E-state index in [4.69, 9.17) is 0 Å². The maximum absolute atomic E-state index is 12.2. The number of aromatic nitrogens is 7. The molecule has 0 saturated carbocycles. The predicted octanol–water partition coefficient (Wildman–Crippen LogP) is 0.442. The number of aryl methyl sites for hydroxylation is 1. The number of hydrogen-bond acceptors (Lipinski definition) is 7. The summed E-state index contributed by atoms with van der Waals surface area (Å²) in [6.45, 7) is 0.975.